The summed E-state index contributed by atoms with van der Waals surface area (Å²) in [5.74, 6) is 0.418. The van der Waals surface area contributed by atoms with Gasteiger partial charge in [0.1, 0.15) is 0 Å². The van der Waals surface area contributed by atoms with Crippen LogP contribution in [-0.4, -0.2) is 70.4 Å². The zero-order valence-electron chi connectivity index (χ0n) is 15.6. The largest absolute Gasteiger partial charge is 0.416 e. The van der Waals surface area contributed by atoms with Crippen molar-refractivity contribution in [1.29, 1.82) is 0 Å². The number of hydrogen-bond acceptors (Lipinski definition) is 4. The molecule has 1 aliphatic heterocycles. The third kappa shape index (κ3) is 7.26. The molecule has 0 saturated carbocycles. The lowest BCUT2D eigenvalue weighted by Gasteiger charge is -2.36. The summed E-state index contributed by atoms with van der Waals surface area (Å²) in [5.41, 5.74) is 5.77. The van der Waals surface area contributed by atoms with Gasteiger partial charge in [0.2, 0.25) is 0 Å². The smallest absolute Gasteiger partial charge is 0.383 e. The fourth-order valence-electron chi connectivity index (χ4n) is 2.94. The van der Waals surface area contributed by atoms with Crippen LogP contribution in [0.1, 0.15) is 12.0 Å². The number of nitrogens with one attached hydrogen (secondary N) is 1. The maximum absolute atomic E-state index is 12.9. The Morgan fingerprint density at radius 3 is 2.67 bits per heavy atom. The van der Waals surface area contributed by atoms with Gasteiger partial charge in [-0.05, 0) is 24.6 Å². The summed E-state index contributed by atoms with van der Waals surface area (Å²) in [4.78, 5) is 8.56. The molecule has 0 spiro atoms. The monoisotopic (exact) mass is 387 g/mol. The molecule has 1 saturated heterocycles. The van der Waals surface area contributed by atoms with Crippen LogP contribution in [0.2, 0.25) is 0 Å². The predicted molar refractivity (Wildman–Crippen MR) is 101 cm³/mol. The first-order valence-corrected chi connectivity index (χ1v) is 9.07. The normalized spacial score (nSPS) is 16.6. The van der Waals surface area contributed by atoms with Crippen molar-refractivity contribution in [2.24, 2.45) is 10.7 Å². The topological polar surface area (TPSA) is 66.1 Å². The molecule has 27 heavy (non-hydrogen) atoms. The molecule has 0 atom stereocenters. The van der Waals surface area contributed by atoms with Crippen molar-refractivity contribution in [2.45, 2.75) is 12.6 Å². The third-order valence-electron chi connectivity index (χ3n) is 4.44. The summed E-state index contributed by atoms with van der Waals surface area (Å²) in [6, 6.07) is 5.53. The van der Waals surface area contributed by atoms with Crippen LogP contribution in [0, 0.1) is 0 Å². The summed E-state index contributed by atoms with van der Waals surface area (Å²) in [5, 5.41) is 2.96. The van der Waals surface area contributed by atoms with E-state index in [1.807, 2.05) is 4.90 Å². The van der Waals surface area contributed by atoms with Crippen molar-refractivity contribution in [3.05, 3.63) is 29.8 Å². The minimum absolute atomic E-state index is 0.418. The van der Waals surface area contributed by atoms with Gasteiger partial charge in [-0.3, -0.25) is 9.89 Å². The molecule has 0 aromatic heterocycles. The molecule has 0 aliphatic carbocycles. The molecule has 1 aliphatic rings. The molecular weight excluding hydrogens is 359 g/mol. The van der Waals surface area contributed by atoms with Crippen LogP contribution < -0.4 is 16.0 Å². The van der Waals surface area contributed by atoms with E-state index in [4.69, 9.17) is 10.5 Å². The van der Waals surface area contributed by atoms with Gasteiger partial charge in [-0.15, -0.1) is 0 Å². The molecular formula is C18H28F3N5O. The highest BCUT2D eigenvalue weighted by molar-refractivity contribution is 5.77. The standard InChI is InChI=1S/C18H28F3N5O/c1-27-13-7-24-17(22)23-6-3-8-25-9-11-26(12-10-25)16-5-2-4-15(14-16)18(19,20)21/h2,4-5,14H,3,6-13H2,1H3,(H3,22,23,24). The van der Waals surface area contributed by atoms with Crippen molar-refractivity contribution < 1.29 is 17.9 Å². The molecule has 3 N–H and O–H groups in total. The number of guanidine groups is 1. The van der Waals surface area contributed by atoms with E-state index in [2.05, 4.69) is 15.2 Å². The van der Waals surface area contributed by atoms with E-state index in [9.17, 15) is 13.2 Å². The molecule has 0 bridgehead atoms. The van der Waals surface area contributed by atoms with E-state index >= 15 is 0 Å². The number of nitrogens with two attached hydrogens (primary N) is 1. The van der Waals surface area contributed by atoms with Gasteiger partial charge in [-0.25, -0.2) is 0 Å². The quantitative estimate of drug-likeness (QED) is 0.404. The highest BCUT2D eigenvalue weighted by atomic mass is 19.4. The van der Waals surface area contributed by atoms with Crippen molar-refractivity contribution in [3.8, 4) is 0 Å². The minimum Gasteiger partial charge on any atom is -0.383 e. The summed E-state index contributed by atoms with van der Waals surface area (Å²) in [7, 11) is 1.63. The average molecular weight is 387 g/mol. The number of ether oxygens (including phenoxy) is 1. The molecule has 6 nitrogen and oxygen atoms in total. The Labute approximate surface area is 158 Å². The molecule has 0 radical (unpaired) electrons. The number of benzene rings is 1. The van der Waals surface area contributed by atoms with Crippen LogP contribution in [-0.2, 0) is 10.9 Å². The number of nitrogens with zero attached hydrogens (tertiary/aromatic N) is 3. The van der Waals surface area contributed by atoms with Crippen molar-refractivity contribution >= 4 is 11.6 Å². The number of aliphatic imine (C=N–C) groups is 1. The molecule has 1 heterocycles. The van der Waals surface area contributed by atoms with E-state index in [0.29, 0.717) is 44.4 Å². The lowest BCUT2D eigenvalue weighted by atomic mass is 10.1. The van der Waals surface area contributed by atoms with Gasteiger partial charge >= 0.3 is 6.18 Å². The van der Waals surface area contributed by atoms with Crippen LogP contribution >= 0.6 is 0 Å². The summed E-state index contributed by atoms with van der Waals surface area (Å²) in [6.07, 6.45) is -3.42. The summed E-state index contributed by atoms with van der Waals surface area (Å²) >= 11 is 0. The van der Waals surface area contributed by atoms with Crippen molar-refractivity contribution in [3.63, 3.8) is 0 Å². The highest BCUT2D eigenvalue weighted by Crippen LogP contribution is 2.31. The number of hydrogen-bond donors (Lipinski definition) is 2. The first-order chi connectivity index (χ1) is 12.9. The predicted octanol–water partition coefficient (Wildman–Crippen LogP) is 1.77. The van der Waals surface area contributed by atoms with Crippen LogP contribution in [0.4, 0.5) is 18.9 Å². The lowest BCUT2D eigenvalue weighted by Crippen LogP contribution is -2.46. The Hall–Kier alpha value is -2.00. The second-order valence-corrected chi connectivity index (χ2v) is 6.42. The van der Waals surface area contributed by atoms with Gasteiger partial charge in [0.05, 0.1) is 12.2 Å². The molecule has 2 rings (SSSR count). The van der Waals surface area contributed by atoms with Gasteiger partial charge < -0.3 is 20.7 Å². The summed E-state index contributed by atoms with van der Waals surface area (Å²) < 4.78 is 43.5. The second-order valence-electron chi connectivity index (χ2n) is 6.42. The van der Waals surface area contributed by atoms with Gasteiger partial charge in [-0.1, -0.05) is 6.07 Å². The minimum atomic E-state index is -4.31. The third-order valence-corrected chi connectivity index (χ3v) is 4.44. The van der Waals surface area contributed by atoms with Crippen LogP contribution in [0.25, 0.3) is 0 Å². The first-order valence-electron chi connectivity index (χ1n) is 9.07. The van der Waals surface area contributed by atoms with Crippen molar-refractivity contribution in [2.75, 3.05) is 64.4 Å². The maximum Gasteiger partial charge on any atom is 0.416 e. The number of anilines is 1. The maximum atomic E-state index is 12.9. The first kappa shape index (κ1) is 21.3. The van der Waals surface area contributed by atoms with Crippen LogP contribution in [0.5, 0.6) is 0 Å². The van der Waals surface area contributed by atoms with Gasteiger partial charge in [0.25, 0.3) is 0 Å². The summed E-state index contributed by atoms with van der Waals surface area (Å²) in [6.45, 7) is 5.81. The van der Waals surface area contributed by atoms with Gasteiger partial charge in [-0.2, -0.15) is 13.2 Å². The van der Waals surface area contributed by atoms with Gasteiger partial charge in [0, 0.05) is 58.6 Å². The number of alkyl halides is 3. The zero-order chi connectivity index (χ0) is 19.7. The Kier molecular flexibility index (Phi) is 8.18. The van der Waals surface area contributed by atoms with Gasteiger partial charge in [0.15, 0.2) is 5.96 Å². The van der Waals surface area contributed by atoms with Crippen LogP contribution in [0.15, 0.2) is 29.3 Å². The van der Waals surface area contributed by atoms with Crippen molar-refractivity contribution in [1.82, 2.24) is 10.2 Å². The molecule has 1 aromatic carbocycles. The number of piperazine rings is 1. The molecule has 9 heteroatoms. The molecule has 152 valence electrons. The fourth-order valence-corrected chi connectivity index (χ4v) is 2.94. The van der Waals surface area contributed by atoms with E-state index in [0.717, 1.165) is 32.1 Å². The fraction of sp³-hybridized carbons (Fsp3) is 0.611. The SMILES string of the molecule is COCCNC(N)=NCCCN1CCN(c2cccc(C(F)(F)F)c2)CC1. The van der Waals surface area contributed by atoms with E-state index < -0.39 is 11.7 Å². The number of rotatable bonds is 8. The molecule has 1 aromatic rings. The van der Waals surface area contributed by atoms with E-state index in [1.54, 1.807) is 13.2 Å². The van der Waals surface area contributed by atoms with E-state index in [1.165, 1.54) is 12.1 Å². The Morgan fingerprint density at radius 2 is 2.00 bits per heavy atom. The molecule has 0 amide bonds. The molecule has 1 fully saturated rings. The Morgan fingerprint density at radius 1 is 1.26 bits per heavy atom. The van der Waals surface area contributed by atoms with Crippen LogP contribution in [0.3, 0.4) is 0 Å². The lowest BCUT2D eigenvalue weighted by molar-refractivity contribution is -0.137. The number of halogens is 3. The highest BCUT2D eigenvalue weighted by Gasteiger charge is 2.31. The number of methoxy groups -OCH3 is 1. The molecule has 0 unspecified atom stereocenters. The Bertz CT molecular complexity index is 601. The average Bonchev–Trinajstić information content (AvgIpc) is 2.65. The zero-order valence-corrected chi connectivity index (χ0v) is 15.6. The Balaban J connectivity index is 1.71. The second kappa shape index (κ2) is 10.4. The van der Waals surface area contributed by atoms with E-state index in [-0.39, 0.29) is 0 Å².